The SMILES string of the molecule is COC1(C(=O)N2CCC(C(C)C)CC2)CCNCC1.Cl. The fourth-order valence-corrected chi connectivity index (χ4v) is 3.39. The number of nitrogens with one attached hydrogen (secondary N) is 1. The first-order chi connectivity index (χ1) is 9.09. The second kappa shape index (κ2) is 7.62. The summed E-state index contributed by atoms with van der Waals surface area (Å²) in [6.07, 6.45) is 3.88. The second-order valence-electron chi connectivity index (χ2n) is 6.32. The fourth-order valence-electron chi connectivity index (χ4n) is 3.39. The van der Waals surface area contributed by atoms with Crippen molar-refractivity contribution >= 4 is 18.3 Å². The zero-order valence-corrected chi connectivity index (χ0v) is 13.8. The van der Waals surface area contributed by atoms with E-state index in [9.17, 15) is 4.79 Å². The van der Waals surface area contributed by atoms with Gasteiger partial charge in [0.05, 0.1) is 0 Å². The first-order valence-electron chi connectivity index (χ1n) is 7.64. The number of hydrogen-bond donors (Lipinski definition) is 1. The molecule has 2 aliphatic heterocycles. The summed E-state index contributed by atoms with van der Waals surface area (Å²) in [7, 11) is 1.68. The minimum Gasteiger partial charge on any atom is -0.368 e. The Labute approximate surface area is 129 Å². The van der Waals surface area contributed by atoms with Gasteiger partial charge in [-0.25, -0.2) is 0 Å². The van der Waals surface area contributed by atoms with Crippen molar-refractivity contribution in [2.45, 2.75) is 45.1 Å². The van der Waals surface area contributed by atoms with Crippen molar-refractivity contribution in [2.75, 3.05) is 33.3 Å². The summed E-state index contributed by atoms with van der Waals surface area (Å²) in [6.45, 7) is 8.13. The standard InChI is InChI=1S/C15H28N2O2.ClH/c1-12(2)13-4-10-17(11-5-13)14(18)15(19-3)6-8-16-9-7-15;/h12-13,16H,4-11H2,1-3H3;1H. The van der Waals surface area contributed by atoms with E-state index in [1.165, 1.54) is 0 Å². The Morgan fingerprint density at radius 1 is 1.25 bits per heavy atom. The van der Waals surface area contributed by atoms with Gasteiger partial charge in [0.15, 0.2) is 0 Å². The lowest BCUT2D eigenvalue weighted by atomic mass is 9.85. The maximum absolute atomic E-state index is 12.8. The average Bonchev–Trinajstić information content (AvgIpc) is 2.47. The predicted molar refractivity (Wildman–Crippen MR) is 83.2 cm³/mol. The van der Waals surface area contributed by atoms with Crippen molar-refractivity contribution < 1.29 is 9.53 Å². The first kappa shape index (κ1) is 17.7. The van der Waals surface area contributed by atoms with Crippen LogP contribution in [0, 0.1) is 11.8 Å². The molecule has 118 valence electrons. The summed E-state index contributed by atoms with van der Waals surface area (Å²) in [5.41, 5.74) is -0.560. The minimum atomic E-state index is -0.560. The maximum Gasteiger partial charge on any atom is 0.254 e. The number of ether oxygens (including phenoxy) is 1. The number of amides is 1. The van der Waals surface area contributed by atoms with Gasteiger partial charge in [-0.15, -0.1) is 12.4 Å². The number of halogens is 1. The van der Waals surface area contributed by atoms with Crippen LogP contribution in [0.2, 0.25) is 0 Å². The third-order valence-electron chi connectivity index (χ3n) is 4.96. The van der Waals surface area contributed by atoms with Crippen molar-refractivity contribution in [1.82, 2.24) is 10.2 Å². The molecule has 0 bridgehead atoms. The van der Waals surface area contributed by atoms with Gasteiger partial charge in [-0.3, -0.25) is 4.79 Å². The Bertz CT molecular complexity index is 309. The molecule has 5 heteroatoms. The molecule has 0 aromatic carbocycles. The van der Waals surface area contributed by atoms with Crippen LogP contribution < -0.4 is 5.32 Å². The molecule has 2 rings (SSSR count). The molecule has 2 heterocycles. The maximum atomic E-state index is 12.8. The highest BCUT2D eigenvalue weighted by Crippen LogP contribution is 2.29. The molecule has 4 nitrogen and oxygen atoms in total. The van der Waals surface area contributed by atoms with E-state index in [2.05, 4.69) is 19.2 Å². The number of carbonyl (C=O) groups excluding carboxylic acids is 1. The number of rotatable bonds is 3. The van der Waals surface area contributed by atoms with Gasteiger partial charge in [0.25, 0.3) is 5.91 Å². The molecule has 0 spiro atoms. The van der Waals surface area contributed by atoms with E-state index in [0.29, 0.717) is 0 Å². The fraction of sp³-hybridized carbons (Fsp3) is 0.933. The summed E-state index contributed by atoms with van der Waals surface area (Å²) in [5, 5.41) is 3.30. The van der Waals surface area contributed by atoms with Gasteiger partial charge in [-0.05, 0) is 50.6 Å². The molecule has 1 amide bonds. The first-order valence-corrected chi connectivity index (χ1v) is 7.64. The Hall–Kier alpha value is -0.320. The van der Waals surface area contributed by atoms with Crippen LogP contribution >= 0.6 is 12.4 Å². The molecule has 20 heavy (non-hydrogen) atoms. The summed E-state index contributed by atoms with van der Waals surface area (Å²) in [6, 6.07) is 0. The monoisotopic (exact) mass is 304 g/mol. The number of hydrogen-bond acceptors (Lipinski definition) is 3. The van der Waals surface area contributed by atoms with Gasteiger partial charge in [0.1, 0.15) is 5.60 Å². The number of piperidine rings is 2. The van der Waals surface area contributed by atoms with Crippen molar-refractivity contribution in [3.05, 3.63) is 0 Å². The molecule has 2 saturated heterocycles. The van der Waals surface area contributed by atoms with Crippen molar-refractivity contribution in [3.63, 3.8) is 0 Å². The molecule has 1 N–H and O–H groups in total. The molecule has 0 unspecified atom stereocenters. The molecular formula is C15H29ClN2O2. The lowest BCUT2D eigenvalue weighted by molar-refractivity contribution is -0.160. The van der Waals surface area contributed by atoms with E-state index in [0.717, 1.165) is 63.7 Å². The summed E-state index contributed by atoms with van der Waals surface area (Å²) in [5.74, 6) is 1.72. The van der Waals surface area contributed by atoms with E-state index >= 15 is 0 Å². The van der Waals surface area contributed by atoms with Crippen LogP contribution in [0.4, 0.5) is 0 Å². The van der Waals surface area contributed by atoms with Crippen LogP contribution in [0.3, 0.4) is 0 Å². The summed E-state index contributed by atoms with van der Waals surface area (Å²) < 4.78 is 5.64. The van der Waals surface area contributed by atoms with Crippen LogP contribution in [0.15, 0.2) is 0 Å². The van der Waals surface area contributed by atoms with Crippen LogP contribution in [0.5, 0.6) is 0 Å². The van der Waals surface area contributed by atoms with Gasteiger partial charge in [-0.1, -0.05) is 13.8 Å². The minimum absolute atomic E-state index is 0. The Morgan fingerprint density at radius 3 is 2.25 bits per heavy atom. The highest BCUT2D eigenvalue weighted by molar-refractivity contribution is 5.85. The van der Waals surface area contributed by atoms with E-state index in [4.69, 9.17) is 4.74 Å². The zero-order valence-electron chi connectivity index (χ0n) is 13.0. The van der Waals surface area contributed by atoms with Crippen LogP contribution in [0.1, 0.15) is 39.5 Å². The molecular weight excluding hydrogens is 276 g/mol. The normalized spacial score (nSPS) is 23.5. The third kappa shape index (κ3) is 3.66. The van der Waals surface area contributed by atoms with E-state index < -0.39 is 5.60 Å². The van der Waals surface area contributed by atoms with Crippen LogP contribution in [-0.2, 0) is 9.53 Å². The number of nitrogens with zero attached hydrogens (tertiary/aromatic N) is 1. The molecule has 0 aromatic rings. The van der Waals surface area contributed by atoms with Gasteiger partial charge >= 0.3 is 0 Å². The second-order valence-corrected chi connectivity index (χ2v) is 6.32. The average molecular weight is 305 g/mol. The Balaban J connectivity index is 0.00000200. The zero-order chi connectivity index (χ0) is 13.9. The van der Waals surface area contributed by atoms with Gasteiger partial charge < -0.3 is 15.0 Å². The molecule has 0 aromatic heterocycles. The molecule has 2 aliphatic rings. The highest BCUT2D eigenvalue weighted by Gasteiger charge is 2.43. The van der Waals surface area contributed by atoms with Gasteiger partial charge in [0.2, 0.25) is 0 Å². The summed E-state index contributed by atoms with van der Waals surface area (Å²) in [4.78, 5) is 14.8. The predicted octanol–water partition coefficient (Wildman–Crippen LogP) is 2.07. The quantitative estimate of drug-likeness (QED) is 0.868. The molecule has 0 atom stereocenters. The van der Waals surface area contributed by atoms with Crippen molar-refractivity contribution in [1.29, 1.82) is 0 Å². The van der Waals surface area contributed by atoms with Crippen LogP contribution in [-0.4, -0.2) is 49.7 Å². The Morgan fingerprint density at radius 2 is 1.80 bits per heavy atom. The van der Waals surface area contributed by atoms with E-state index in [-0.39, 0.29) is 18.3 Å². The van der Waals surface area contributed by atoms with Crippen LogP contribution in [0.25, 0.3) is 0 Å². The molecule has 0 aliphatic carbocycles. The topological polar surface area (TPSA) is 41.6 Å². The lowest BCUT2D eigenvalue weighted by Gasteiger charge is -2.42. The molecule has 2 fully saturated rings. The van der Waals surface area contributed by atoms with Crippen molar-refractivity contribution in [3.8, 4) is 0 Å². The Kier molecular flexibility index (Phi) is 6.76. The van der Waals surface area contributed by atoms with Gasteiger partial charge in [0, 0.05) is 20.2 Å². The van der Waals surface area contributed by atoms with Crippen molar-refractivity contribution in [2.24, 2.45) is 11.8 Å². The van der Waals surface area contributed by atoms with E-state index in [1.807, 2.05) is 4.90 Å². The molecule has 0 radical (unpaired) electrons. The number of methoxy groups -OCH3 is 1. The lowest BCUT2D eigenvalue weighted by Crippen LogP contribution is -2.56. The summed E-state index contributed by atoms with van der Waals surface area (Å²) >= 11 is 0. The molecule has 0 saturated carbocycles. The number of carbonyl (C=O) groups is 1. The largest absolute Gasteiger partial charge is 0.368 e. The highest BCUT2D eigenvalue weighted by atomic mass is 35.5. The smallest absolute Gasteiger partial charge is 0.254 e. The third-order valence-corrected chi connectivity index (χ3v) is 4.96. The number of likely N-dealkylation sites (tertiary alicyclic amines) is 1. The van der Waals surface area contributed by atoms with Gasteiger partial charge in [-0.2, -0.15) is 0 Å². The van der Waals surface area contributed by atoms with E-state index in [1.54, 1.807) is 7.11 Å².